The Balaban J connectivity index is 1.94. The monoisotopic (exact) mass is 343 g/mol. The molecule has 2 aromatic rings. The van der Waals surface area contributed by atoms with Crippen LogP contribution in [0.4, 0.5) is 5.69 Å². The number of nitriles is 1. The molecule has 1 aromatic carbocycles. The van der Waals surface area contributed by atoms with E-state index >= 15 is 0 Å². The Morgan fingerprint density at radius 3 is 3.00 bits per heavy atom. The van der Waals surface area contributed by atoms with E-state index in [1.165, 1.54) is 0 Å². The molecule has 1 atom stereocenters. The third-order valence-electron chi connectivity index (χ3n) is 3.76. The summed E-state index contributed by atoms with van der Waals surface area (Å²) in [5.74, 6) is 0. The maximum atomic E-state index is 11.4. The lowest BCUT2D eigenvalue weighted by atomic mass is 9.91. The third kappa shape index (κ3) is 2.86. The van der Waals surface area contributed by atoms with Crippen LogP contribution in [0.3, 0.4) is 0 Å². The molecule has 1 unspecified atom stereocenters. The van der Waals surface area contributed by atoms with Gasteiger partial charge in [-0.2, -0.15) is 5.26 Å². The number of aryl methyl sites for hydroxylation is 1. The molecule has 0 fully saturated rings. The molecule has 0 saturated heterocycles. The summed E-state index contributed by atoms with van der Waals surface area (Å²) in [5, 5.41) is 12.7. The van der Waals surface area contributed by atoms with Crippen LogP contribution in [0.25, 0.3) is 0 Å². The van der Waals surface area contributed by atoms with Crippen LogP contribution in [-0.4, -0.2) is 4.98 Å². The number of aromatic amines is 1. The summed E-state index contributed by atoms with van der Waals surface area (Å²) in [6, 6.07) is 11.4. The van der Waals surface area contributed by atoms with Gasteiger partial charge in [0.1, 0.15) is 6.07 Å². The minimum Gasteiger partial charge on any atom is -0.377 e. The van der Waals surface area contributed by atoms with E-state index in [1.807, 2.05) is 18.2 Å². The summed E-state index contributed by atoms with van der Waals surface area (Å²) in [5.41, 5.74) is 3.50. The highest BCUT2D eigenvalue weighted by atomic mass is 79.9. The Labute approximate surface area is 130 Å². The quantitative estimate of drug-likeness (QED) is 0.876. The number of hydrogen-bond donors (Lipinski definition) is 2. The topological polar surface area (TPSA) is 68.7 Å². The Morgan fingerprint density at radius 1 is 1.33 bits per heavy atom. The van der Waals surface area contributed by atoms with Gasteiger partial charge in [-0.25, -0.2) is 0 Å². The molecule has 0 saturated carbocycles. The van der Waals surface area contributed by atoms with Gasteiger partial charge in [0.25, 0.3) is 0 Å². The predicted octanol–water partition coefficient (Wildman–Crippen LogP) is 3.50. The van der Waals surface area contributed by atoms with Crippen molar-refractivity contribution in [2.45, 2.75) is 25.3 Å². The second-order valence-electron chi connectivity index (χ2n) is 5.15. The number of nitrogens with one attached hydrogen (secondary N) is 2. The van der Waals surface area contributed by atoms with Crippen LogP contribution in [0.5, 0.6) is 0 Å². The molecule has 5 heteroatoms. The van der Waals surface area contributed by atoms with Crippen LogP contribution in [0.1, 0.15) is 35.7 Å². The van der Waals surface area contributed by atoms with E-state index in [1.54, 1.807) is 12.1 Å². The highest BCUT2D eigenvalue weighted by Crippen LogP contribution is 2.32. The molecule has 1 aromatic heterocycles. The van der Waals surface area contributed by atoms with Gasteiger partial charge in [0.2, 0.25) is 5.56 Å². The molecule has 1 heterocycles. The van der Waals surface area contributed by atoms with Crippen LogP contribution in [0, 0.1) is 11.3 Å². The second-order valence-corrected chi connectivity index (χ2v) is 6.06. The summed E-state index contributed by atoms with van der Waals surface area (Å²) in [6.07, 6.45) is 2.90. The SMILES string of the molecule is N#Cc1cc(Br)ccc1NC1CCCc2[nH]c(=O)ccc21. The molecule has 3 rings (SSSR count). The van der Waals surface area contributed by atoms with Crippen LogP contribution in [0.15, 0.2) is 39.6 Å². The smallest absolute Gasteiger partial charge is 0.248 e. The summed E-state index contributed by atoms with van der Waals surface area (Å²) in [6.45, 7) is 0. The molecule has 1 aliphatic carbocycles. The number of pyridine rings is 1. The van der Waals surface area contributed by atoms with E-state index < -0.39 is 0 Å². The summed E-state index contributed by atoms with van der Waals surface area (Å²) < 4.78 is 0.887. The van der Waals surface area contributed by atoms with Gasteiger partial charge in [-0.15, -0.1) is 0 Å². The number of halogens is 1. The van der Waals surface area contributed by atoms with Gasteiger partial charge in [-0.1, -0.05) is 15.9 Å². The van der Waals surface area contributed by atoms with Gasteiger partial charge >= 0.3 is 0 Å². The molecule has 0 amide bonds. The van der Waals surface area contributed by atoms with E-state index in [0.29, 0.717) is 5.56 Å². The maximum absolute atomic E-state index is 11.4. The number of anilines is 1. The van der Waals surface area contributed by atoms with Crippen molar-refractivity contribution < 1.29 is 0 Å². The molecule has 0 aliphatic heterocycles. The van der Waals surface area contributed by atoms with E-state index in [0.717, 1.165) is 40.7 Å². The highest BCUT2D eigenvalue weighted by molar-refractivity contribution is 9.10. The van der Waals surface area contributed by atoms with Crippen molar-refractivity contribution in [3.63, 3.8) is 0 Å². The van der Waals surface area contributed by atoms with Gasteiger partial charge in [0.15, 0.2) is 0 Å². The Kier molecular flexibility index (Phi) is 3.80. The zero-order chi connectivity index (χ0) is 14.8. The number of fused-ring (bicyclic) bond motifs is 1. The summed E-state index contributed by atoms with van der Waals surface area (Å²) in [4.78, 5) is 14.3. The molecule has 0 radical (unpaired) electrons. The fourth-order valence-electron chi connectivity index (χ4n) is 2.77. The van der Waals surface area contributed by atoms with Crippen molar-refractivity contribution in [3.05, 3.63) is 62.0 Å². The highest BCUT2D eigenvalue weighted by Gasteiger charge is 2.21. The first-order valence-corrected chi connectivity index (χ1v) is 7.65. The maximum Gasteiger partial charge on any atom is 0.248 e. The van der Waals surface area contributed by atoms with Crippen LogP contribution in [0.2, 0.25) is 0 Å². The molecular formula is C16H14BrN3O. The van der Waals surface area contributed by atoms with E-state index in [-0.39, 0.29) is 11.6 Å². The molecule has 21 heavy (non-hydrogen) atoms. The molecule has 106 valence electrons. The van der Waals surface area contributed by atoms with E-state index in [4.69, 9.17) is 0 Å². The van der Waals surface area contributed by atoms with Gasteiger partial charge in [0.05, 0.1) is 17.3 Å². The first kappa shape index (κ1) is 13.9. The Hall–Kier alpha value is -2.06. The minimum atomic E-state index is -0.0595. The van der Waals surface area contributed by atoms with Crippen LogP contribution >= 0.6 is 15.9 Å². The molecule has 4 nitrogen and oxygen atoms in total. The van der Waals surface area contributed by atoms with Gasteiger partial charge < -0.3 is 10.3 Å². The van der Waals surface area contributed by atoms with Gasteiger partial charge in [0, 0.05) is 16.2 Å². The van der Waals surface area contributed by atoms with Crippen LogP contribution in [-0.2, 0) is 6.42 Å². The molecule has 0 spiro atoms. The lowest BCUT2D eigenvalue weighted by Gasteiger charge is -2.27. The van der Waals surface area contributed by atoms with Crippen molar-refractivity contribution >= 4 is 21.6 Å². The van der Waals surface area contributed by atoms with Crippen molar-refractivity contribution in [1.82, 2.24) is 4.98 Å². The normalized spacial score (nSPS) is 16.9. The van der Waals surface area contributed by atoms with Crippen molar-refractivity contribution in [3.8, 4) is 6.07 Å². The Bertz CT molecular complexity index is 776. The minimum absolute atomic E-state index is 0.0595. The van der Waals surface area contributed by atoms with Crippen molar-refractivity contribution in [2.24, 2.45) is 0 Å². The number of rotatable bonds is 2. The first-order valence-electron chi connectivity index (χ1n) is 6.85. The van der Waals surface area contributed by atoms with Gasteiger partial charge in [-0.3, -0.25) is 4.79 Å². The summed E-state index contributed by atoms with van der Waals surface area (Å²) >= 11 is 3.38. The van der Waals surface area contributed by atoms with Crippen molar-refractivity contribution in [1.29, 1.82) is 5.26 Å². The standard InChI is InChI=1S/C16H14BrN3O/c17-11-4-6-13(10(8-11)9-18)19-14-2-1-3-15-12(14)5-7-16(21)20-15/h4-8,14,19H,1-3H2,(H,20,21). The molecule has 1 aliphatic rings. The number of aromatic nitrogens is 1. The zero-order valence-corrected chi connectivity index (χ0v) is 12.9. The third-order valence-corrected chi connectivity index (χ3v) is 4.26. The second kappa shape index (κ2) is 5.74. The Morgan fingerprint density at radius 2 is 2.19 bits per heavy atom. The first-order chi connectivity index (χ1) is 10.2. The number of H-pyrrole nitrogens is 1. The number of benzene rings is 1. The lowest BCUT2D eigenvalue weighted by molar-refractivity contribution is 0.587. The zero-order valence-electron chi connectivity index (χ0n) is 11.3. The average molecular weight is 344 g/mol. The fourth-order valence-corrected chi connectivity index (χ4v) is 3.13. The fraction of sp³-hybridized carbons (Fsp3) is 0.250. The number of hydrogen-bond acceptors (Lipinski definition) is 3. The molecule has 0 bridgehead atoms. The lowest BCUT2D eigenvalue weighted by Crippen LogP contribution is -2.21. The van der Waals surface area contributed by atoms with Crippen molar-refractivity contribution in [2.75, 3.05) is 5.32 Å². The largest absolute Gasteiger partial charge is 0.377 e. The van der Waals surface area contributed by atoms with E-state index in [9.17, 15) is 10.1 Å². The molecular weight excluding hydrogens is 330 g/mol. The molecule has 2 N–H and O–H groups in total. The summed E-state index contributed by atoms with van der Waals surface area (Å²) in [7, 11) is 0. The number of nitrogens with zero attached hydrogens (tertiary/aromatic N) is 1. The predicted molar refractivity (Wildman–Crippen MR) is 85.2 cm³/mol. The van der Waals surface area contributed by atoms with E-state index in [2.05, 4.69) is 32.3 Å². The van der Waals surface area contributed by atoms with Gasteiger partial charge in [-0.05, 0) is 49.1 Å². The average Bonchev–Trinajstić information content (AvgIpc) is 2.49. The van der Waals surface area contributed by atoms with Crippen LogP contribution < -0.4 is 10.9 Å².